The number of halogens is 2. The summed E-state index contributed by atoms with van der Waals surface area (Å²) in [6, 6.07) is 6.24. The van der Waals surface area contributed by atoms with Crippen LogP contribution in [-0.4, -0.2) is 13.4 Å². The van der Waals surface area contributed by atoms with Gasteiger partial charge in [0, 0.05) is 5.02 Å². The molecular formula is C13H12Cl2N2O2S. The number of aromatic nitrogens is 1. The summed E-state index contributed by atoms with van der Waals surface area (Å²) in [5.74, 6) is 0. The molecule has 0 fully saturated rings. The number of nitrogens with zero attached hydrogens (tertiary/aromatic N) is 1. The fraction of sp³-hybridized carbons (Fsp3) is 0.154. The van der Waals surface area contributed by atoms with E-state index in [2.05, 4.69) is 9.71 Å². The van der Waals surface area contributed by atoms with Gasteiger partial charge in [0.15, 0.2) is 0 Å². The fourth-order valence-electron chi connectivity index (χ4n) is 1.69. The van der Waals surface area contributed by atoms with Gasteiger partial charge >= 0.3 is 0 Å². The van der Waals surface area contributed by atoms with E-state index in [0.29, 0.717) is 27.0 Å². The third-order valence-electron chi connectivity index (χ3n) is 2.73. The predicted octanol–water partition coefficient (Wildman–Crippen LogP) is 3.81. The molecule has 0 aliphatic carbocycles. The Kier molecular flexibility index (Phi) is 4.22. The highest BCUT2D eigenvalue weighted by Gasteiger charge is 2.18. The molecule has 0 atom stereocenters. The molecule has 1 N–H and O–H groups in total. The van der Waals surface area contributed by atoms with Crippen molar-refractivity contribution in [3.8, 4) is 0 Å². The minimum absolute atomic E-state index is 0.189. The number of hydrogen-bond acceptors (Lipinski definition) is 3. The molecular weight excluding hydrogens is 319 g/mol. The smallest absolute Gasteiger partial charge is 0.262 e. The van der Waals surface area contributed by atoms with Gasteiger partial charge in [-0.1, -0.05) is 23.2 Å². The summed E-state index contributed by atoms with van der Waals surface area (Å²) in [5, 5.41) is 0.834. The summed E-state index contributed by atoms with van der Waals surface area (Å²) in [6.45, 7) is 3.45. The molecule has 20 heavy (non-hydrogen) atoms. The maximum Gasteiger partial charge on any atom is 0.262 e. The van der Waals surface area contributed by atoms with Gasteiger partial charge in [-0.25, -0.2) is 13.4 Å². The second-order valence-electron chi connectivity index (χ2n) is 4.34. The lowest BCUT2D eigenvalue weighted by molar-refractivity contribution is 0.600. The topological polar surface area (TPSA) is 59.1 Å². The maximum absolute atomic E-state index is 12.4. The van der Waals surface area contributed by atoms with E-state index in [1.807, 2.05) is 0 Å². The van der Waals surface area contributed by atoms with Crippen LogP contribution in [-0.2, 0) is 10.0 Å². The van der Waals surface area contributed by atoms with Crippen LogP contribution in [0.4, 0.5) is 5.69 Å². The molecule has 1 heterocycles. The van der Waals surface area contributed by atoms with Crippen molar-refractivity contribution in [2.45, 2.75) is 18.7 Å². The molecule has 7 heteroatoms. The van der Waals surface area contributed by atoms with E-state index in [0.717, 1.165) is 0 Å². The van der Waals surface area contributed by atoms with Crippen molar-refractivity contribution in [3.05, 3.63) is 51.8 Å². The quantitative estimate of drug-likeness (QED) is 0.870. The van der Waals surface area contributed by atoms with Crippen molar-refractivity contribution in [3.63, 3.8) is 0 Å². The Morgan fingerprint density at radius 2 is 1.80 bits per heavy atom. The van der Waals surface area contributed by atoms with E-state index in [-0.39, 0.29) is 4.90 Å². The highest BCUT2D eigenvalue weighted by atomic mass is 35.5. The van der Waals surface area contributed by atoms with Crippen molar-refractivity contribution in [1.29, 1.82) is 0 Å². The SMILES string of the molecule is Cc1cc(S(=O)(=O)Nc2ccc(Cl)nc2)c(C)cc1Cl. The van der Waals surface area contributed by atoms with E-state index < -0.39 is 10.0 Å². The zero-order chi connectivity index (χ0) is 14.9. The van der Waals surface area contributed by atoms with Gasteiger partial charge in [-0.3, -0.25) is 4.72 Å². The third-order valence-corrected chi connectivity index (χ3v) is 4.88. The molecule has 106 valence electrons. The number of sulfonamides is 1. The van der Waals surface area contributed by atoms with Crippen molar-refractivity contribution >= 4 is 38.9 Å². The summed E-state index contributed by atoms with van der Waals surface area (Å²) < 4.78 is 27.2. The standard InChI is InChI=1S/C13H12Cl2N2O2S/c1-8-6-12(9(2)5-11(8)14)20(18,19)17-10-3-4-13(15)16-7-10/h3-7,17H,1-2H3. The van der Waals surface area contributed by atoms with Crippen LogP contribution in [0.1, 0.15) is 11.1 Å². The molecule has 1 aromatic carbocycles. The van der Waals surface area contributed by atoms with Gasteiger partial charge in [-0.2, -0.15) is 0 Å². The van der Waals surface area contributed by atoms with Gasteiger partial charge in [-0.05, 0) is 49.2 Å². The van der Waals surface area contributed by atoms with Crippen molar-refractivity contribution < 1.29 is 8.42 Å². The van der Waals surface area contributed by atoms with E-state index in [1.54, 1.807) is 32.0 Å². The van der Waals surface area contributed by atoms with Crippen LogP contribution in [0.15, 0.2) is 35.4 Å². The molecule has 0 bridgehead atoms. The van der Waals surface area contributed by atoms with Crippen LogP contribution < -0.4 is 4.72 Å². The van der Waals surface area contributed by atoms with Gasteiger partial charge in [0.25, 0.3) is 10.0 Å². The van der Waals surface area contributed by atoms with E-state index in [4.69, 9.17) is 23.2 Å². The van der Waals surface area contributed by atoms with Crippen molar-refractivity contribution in [2.75, 3.05) is 4.72 Å². The average molecular weight is 331 g/mol. The Morgan fingerprint density at radius 3 is 2.40 bits per heavy atom. The molecule has 0 radical (unpaired) electrons. The molecule has 0 spiro atoms. The Balaban J connectivity index is 2.40. The van der Waals surface area contributed by atoms with Crippen LogP contribution in [0, 0.1) is 13.8 Å². The molecule has 1 aromatic heterocycles. The molecule has 2 aromatic rings. The Morgan fingerprint density at radius 1 is 1.10 bits per heavy atom. The van der Waals surface area contributed by atoms with E-state index in [1.165, 1.54) is 12.3 Å². The van der Waals surface area contributed by atoms with E-state index >= 15 is 0 Å². The number of hydrogen-bond donors (Lipinski definition) is 1. The molecule has 0 unspecified atom stereocenters. The van der Waals surface area contributed by atoms with Gasteiger partial charge in [-0.15, -0.1) is 0 Å². The second-order valence-corrected chi connectivity index (χ2v) is 6.79. The van der Waals surface area contributed by atoms with Crippen LogP contribution in [0.2, 0.25) is 10.2 Å². The number of aryl methyl sites for hydroxylation is 2. The highest BCUT2D eigenvalue weighted by Crippen LogP contribution is 2.25. The average Bonchev–Trinajstić information content (AvgIpc) is 2.36. The van der Waals surface area contributed by atoms with Crippen LogP contribution in [0.3, 0.4) is 0 Å². The summed E-state index contributed by atoms with van der Waals surface area (Å²) in [5.41, 5.74) is 1.63. The lowest BCUT2D eigenvalue weighted by Gasteiger charge is -2.11. The highest BCUT2D eigenvalue weighted by molar-refractivity contribution is 7.92. The molecule has 4 nitrogen and oxygen atoms in total. The van der Waals surface area contributed by atoms with Gasteiger partial charge in [0.05, 0.1) is 16.8 Å². The van der Waals surface area contributed by atoms with Crippen LogP contribution in [0.5, 0.6) is 0 Å². The Labute approximate surface area is 127 Å². The fourth-order valence-corrected chi connectivity index (χ4v) is 3.38. The molecule has 0 saturated carbocycles. The Bertz CT molecular complexity index is 744. The molecule has 0 amide bonds. The van der Waals surface area contributed by atoms with Crippen LogP contribution >= 0.6 is 23.2 Å². The summed E-state index contributed by atoms with van der Waals surface area (Å²) >= 11 is 11.6. The summed E-state index contributed by atoms with van der Waals surface area (Å²) in [7, 11) is -3.69. The predicted molar refractivity (Wildman–Crippen MR) is 81.0 cm³/mol. The van der Waals surface area contributed by atoms with Gasteiger partial charge in [0.2, 0.25) is 0 Å². The lowest BCUT2D eigenvalue weighted by Crippen LogP contribution is -2.14. The summed E-state index contributed by atoms with van der Waals surface area (Å²) in [6.07, 6.45) is 1.36. The van der Waals surface area contributed by atoms with Crippen molar-refractivity contribution in [1.82, 2.24) is 4.98 Å². The minimum atomic E-state index is -3.69. The zero-order valence-electron chi connectivity index (χ0n) is 10.8. The monoisotopic (exact) mass is 330 g/mol. The number of benzene rings is 1. The maximum atomic E-state index is 12.4. The van der Waals surface area contributed by atoms with E-state index in [9.17, 15) is 8.42 Å². The van der Waals surface area contributed by atoms with Gasteiger partial charge in [0.1, 0.15) is 5.15 Å². The molecule has 0 saturated heterocycles. The third kappa shape index (κ3) is 3.23. The first-order valence-electron chi connectivity index (χ1n) is 5.71. The zero-order valence-corrected chi connectivity index (χ0v) is 13.1. The van der Waals surface area contributed by atoms with Crippen molar-refractivity contribution in [2.24, 2.45) is 0 Å². The number of anilines is 1. The molecule has 0 aliphatic heterocycles. The molecule has 2 rings (SSSR count). The number of nitrogens with one attached hydrogen (secondary N) is 1. The first kappa shape index (κ1) is 15.1. The number of pyridine rings is 1. The lowest BCUT2D eigenvalue weighted by atomic mass is 10.2. The van der Waals surface area contributed by atoms with Crippen LogP contribution in [0.25, 0.3) is 0 Å². The Hall–Kier alpha value is -1.30. The first-order chi connectivity index (χ1) is 9.29. The molecule has 0 aliphatic rings. The minimum Gasteiger partial charge on any atom is -0.278 e. The van der Waals surface area contributed by atoms with Gasteiger partial charge < -0.3 is 0 Å². The number of rotatable bonds is 3. The largest absolute Gasteiger partial charge is 0.278 e. The second kappa shape index (κ2) is 5.60. The first-order valence-corrected chi connectivity index (χ1v) is 7.94. The summed E-state index contributed by atoms with van der Waals surface area (Å²) in [4.78, 5) is 4.02. The normalized spacial score (nSPS) is 11.4.